The van der Waals surface area contributed by atoms with E-state index in [0.29, 0.717) is 18.0 Å². The number of hydrogen-bond donors (Lipinski definition) is 2. The standard InChI is InChI=1S/C19H19ClN2O4S/c20-15-6-8-16(9-7-15)27(25,26)21-11-12-22-13-14(5-10-19(23)24)17-3-1-2-4-18(17)22/h1-4,6-9,13,21H,5,10-12H2,(H,23,24). The molecule has 0 aliphatic rings. The molecule has 0 saturated heterocycles. The summed E-state index contributed by atoms with van der Waals surface area (Å²) in [7, 11) is -3.61. The van der Waals surface area contributed by atoms with Crippen molar-refractivity contribution >= 4 is 38.5 Å². The third-order valence-electron chi connectivity index (χ3n) is 4.25. The van der Waals surface area contributed by atoms with Crippen molar-refractivity contribution in [1.82, 2.24) is 9.29 Å². The Balaban J connectivity index is 1.73. The van der Waals surface area contributed by atoms with Crippen LogP contribution in [-0.2, 0) is 27.8 Å². The van der Waals surface area contributed by atoms with Crippen LogP contribution in [-0.4, -0.2) is 30.6 Å². The first-order chi connectivity index (χ1) is 12.9. The van der Waals surface area contributed by atoms with Crippen LogP contribution in [0, 0.1) is 0 Å². The van der Waals surface area contributed by atoms with Gasteiger partial charge in [0.2, 0.25) is 10.0 Å². The second-order valence-electron chi connectivity index (χ2n) is 6.11. The number of fused-ring (bicyclic) bond motifs is 1. The molecule has 6 nitrogen and oxygen atoms in total. The quantitative estimate of drug-likeness (QED) is 0.600. The fourth-order valence-corrected chi connectivity index (χ4v) is 4.09. The fraction of sp³-hybridized carbons (Fsp3) is 0.211. The minimum Gasteiger partial charge on any atom is -0.481 e. The van der Waals surface area contributed by atoms with E-state index in [4.69, 9.17) is 16.7 Å². The Morgan fingerprint density at radius 3 is 2.52 bits per heavy atom. The Morgan fingerprint density at radius 1 is 1.11 bits per heavy atom. The molecule has 8 heteroatoms. The summed E-state index contributed by atoms with van der Waals surface area (Å²) < 4.78 is 29.2. The number of nitrogens with one attached hydrogen (secondary N) is 1. The lowest BCUT2D eigenvalue weighted by atomic mass is 10.1. The average molecular weight is 407 g/mol. The van der Waals surface area contributed by atoms with E-state index in [9.17, 15) is 13.2 Å². The van der Waals surface area contributed by atoms with Crippen molar-refractivity contribution in [2.75, 3.05) is 6.54 Å². The third-order valence-corrected chi connectivity index (χ3v) is 5.98. The number of aromatic nitrogens is 1. The van der Waals surface area contributed by atoms with Crippen molar-refractivity contribution in [3.05, 3.63) is 65.3 Å². The third kappa shape index (κ3) is 4.68. The first kappa shape index (κ1) is 19.4. The van der Waals surface area contributed by atoms with Crippen LogP contribution in [0.25, 0.3) is 10.9 Å². The molecule has 0 aliphatic carbocycles. The zero-order valence-electron chi connectivity index (χ0n) is 14.4. The SMILES string of the molecule is O=C(O)CCc1cn(CCNS(=O)(=O)c2ccc(Cl)cc2)c2ccccc12. The first-order valence-electron chi connectivity index (χ1n) is 8.40. The highest BCUT2D eigenvalue weighted by Gasteiger charge is 2.14. The molecule has 142 valence electrons. The molecule has 3 aromatic rings. The average Bonchev–Trinajstić information content (AvgIpc) is 2.98. The molecular weight excluding hydrogens is 388 g/mol. The topological polar surface area (TPSA) is 88.4 Å². The number of sulfonamides is 1. The Bertz CT molecular complexity index is 1060. The van der Waals surface area contributed by atoms with Gasteiger partial charge in [-0.15, -0.1) is 0 Å². The van der Waals surface area contributed by atoms with Crippen LogP contribution in [0.1, 0.15) is 12.0 Å². The summed E-state index contributed by atoms with van der Waals surface area (Å²) in [5.41, 5.74) is 1.89. The van der Waals surface area contributed by atoms with Crippen molar-refractivity contribution in [1.29, 1.82) is 0 Å². The molecule has 0 bridgehead atoms. The van der Waals surface area contributed by atoms with Crippen LogP contribution in [0.3, 0.4) is 0 Å². The lowest BCUT2D eigenvalue weighted by Crippen LogP contribution is -2.27. The maximum atomic E-state index is 12.4. The van der Waals surface area contributed by atoms with Gasteiger partial charge in [0.1, 0.15) is 0 Å². The molecule has 2 aromatic carbocycles. The largest absolute Gasteiger partial charge is 0.481 e. The lowest BCUT2D eigenvalue weighted by Gasteiger charge is -2.08. The highest BCUT2D eigenvalue weighted by Crippen LogP contribution is 2.22. The number of nitrogens with zero attached hydrogens (tertiary/aromatic N) is 1. The van der Waals surface area contributed by atoms with Crippen LogP contribution >= 0.6 is 11.6 Å². The zero-order chi connectivity index (χ0) is 19.4. The van der Waals surface area contributed by atoms with Gasteiger partial charge >= 0.3 is 5.97 Å². The Hall–Kier alpha value is -2.35. The van der Waals surface area contributed by atoms with Gasteiger partial charge in [0, 0.05) is 41.6 Å². The highest BCUT2D eigenvalue weighted by atomic mass is 35.5. The van der Waals surface area contributed by atoms with E-state index in [1.165, 1.54) is 24.3 Å². The van der Waals surface area contributed by atoms with Crippen LogP contribution in [0.2, 0.25) is 5.02 Å². The maximum absolute atomic E-state index is 12.4. The molecule has 1 heterocycles. The van der Waals surface area contributed by atoms with E-state index >= 15 is 0 Å². The fourth-order valence-electron chi connectivity index (χ4n) is 2.95. The number of rotatable bonds is 8. The molecule has 27 heavy (non-hydrogen) atoms. The van der Waals surface area contributed by atoms with Crippen molar-refractivity contribution in [3.63, 3.8) is 0 Å². The summed E-state index contributed by atoms with van der Waals surface area (Å²) >= 11 is 5.79. The molecule has 1 aromatic heterocycles. The van der Waals surface area contributed by atoms with Gasteiger partial charge in [-0.1, -0.05) is 29.8 Å². The molecule has 0 aliphatic heterocycles. The molecule has 0 unspecified atom stereocenters. The van der Waals surface area contributed by atoms with Crippen LogP contribution in [0.15, 0.2) is 59.6 Å². The molecule has 3 rings (SSSR count). The molecule has 0 amide bonds. The van der Waals surface area contributed by atoms with E-state index in [1.807, 2.05) is 35.0 Å². The summed E-state index contributed by atoms with van der Waals surface area (Å²) in [6.07, 6.45) is 2.38. The van der Waals surface area contributed by atoms with Gasteiger partial charge < -0.3 is 9.67 Å². The predicted molar refractivity (Wildman–Crippen MR) is 105 cm³/mol. The van der Waals surface area contributed by atoms with E-state index in [1.54, 1.807) is 0 Å². The van der Waals surface area contributed by atoms with E-state index in [2.05, 4.69) is 4.72 Å². The molecule has 0 atom stereocenters. The normalized spacial score (nSPS) is 11.7. The predicted octanol–water partition coefficient (Wildman–Crippen LogP) is 3.29. The number of carboxylic acids is 1. The van der Waals surface area contributed by atoms with Gasteiger partial charge in [-0.2, -0.15) is 0 Å². The summed E-state index contributed by atoms with van der Waals surface area (Å²) in [6.45, 7) is 0.641. The second kappa shape index (κ2) is 8.12. The van der Waals surface area contributed by atoms with Crippen molar-refractivity contribution in [3.8, 4) is 0 Å². The van der Waals surface area contributed by atoms with Crippen LogP contribution < -0.4 is 4.72 Å². The smallest absolute Gasteiger partial charge is 0.303 e. The van der Waals surface area contributed by atoms with Gasteiger partial charge in [-0.3, -0.25) is 4.79 Å². The van der Waals surface area contributed by atoms with E-state index in [0.717, 1.165) is 16.5 Å². The maximum Gasteiger partial charge on any atom is 0.303 e. The number of aliphatic carboxylic acids is 1. The molecule has 0 spiro atoms. The van der Waals surface area contributed by atoms with Crippen molar-refractivity contribution in [2.45, 2.75) is 24.3 Å². The molecule has 0 fully saturated rings. The van der Waals surface area contributed by atoms with Gasteiger partial charge in [0.25, 0.3) is 0 Å². The second-order valence-corrected chi connectivity index (χ2v) is 8.31. The summed E-state index contributed by atoms with van der Waals surface area (Å²) in [5, 5.41) is 10.4. The van der Waals surface area contributed by atoms with Crippen LogP contribution in [0.5, 0.6) is 0 Å². The van der Waals surface area contributed by atoms with Gasteiger partial charge in [-0.05, 0) is 42.3 Å². The van der Waals surface area contributed by atoms with Crippen LogP contribution in [0.4, 0.5) is 0 Å². The zero-order valence-corrected chi connectivity index (χ0v) is 16.0. The summed E-state index contributed by atoms with van der Waals surface area (Å²) in [4.78, 5) is 11.0. The number of para-hydroxylation sites is 1. The Morgan fingerprint density at radius 2 is 1.81 bits per heavy atom. The first-order valence-corrected chi connectivity index (χ1v) is 10.3. The number of carboxylic acid groups (broad SMARTS) is 1. The molecule has 0 radical (unpaired) electrons. The number of carbonyl (C=O) groups is 1. The Kier molecular flexibility index (Phi) is 5.84. The molecular formula is C19H19ClN2O4S. The van der Waals surface area contributed by atoms with Gasteiger partial charge in [0.05, 0.1) is 4.90 Å². The van der Waals surface area contributed by atoms with E-state index in [-0.39, 0.29) is 17.9 Å². The van der Waals surface area contributed by atoms with Gasteiger partial charge in [0.15, 0.2) is 0 Å². The summed E-state index contributed by atoms with van der Waals surface area (Å²) in [5.74, 6) is -0.845. The number of benzene rings is 2. The monoisotopic (exact) mass is 406 g/mol. The van der Waals surface area contributed by atoms with Crippen molar-refractivity contribution < 1.29 is 18.3 Å². The number of halogens is 1. The number of aryl methyl sites for hydroxylation is 1. The summed E-state index contributed by atoms with van der Waals surface area (Å²) in [6, 6.07) is 13.7. The Labute approximate surface area is 162 Å². The lowest BCUT2D eigenvalue weighted by molar-refractivity contribution is -0.136. The van der Waals surface area contributed by atoms with E-state index < -0.39 is 16.0 Å². The van der Waals surface area contributed by atoms with Crippen molar-refractivity contribution in [2.24, 2.45) is 0 Å². The van der Waals surface area contributed by atoms with Gasteiger partial charge in [-0.25, -0.2) is 13.1 Å². The number of hydrogen-bond acceptors (Lipinski definition) is 3. The minimum atomic E-state index is -3.61. The molecule has 0 saturated carbocycles. The highest BCUT2D eigenvalue weighted by molar-refractivity contribution is 7.89. The minimum absolute atomic E-state index is 0.0528. The molecule has 2 N–H and O–H groups in total.